The van der Waals surface area contributed by atoms with Crippen molar-refractivity contribution in [3.05, 3.63) is 213 Å². The summed E-state index contributed by atoms with van der Waals surface area (Å²) in [5.41, 5.74) is 18.5. The maximum Gasteiger partial charge on any atom is 0.0804 e. The van der Waals surface area contributed by atoms with Crippen molar-refractivity contribution in [2.75, 3.05) is 6.54 Å². The average Bonchev–Trinajstić information content (AvgIpc) is 3.98. The second-order valence-electron chi connectivity index (χ2n) is 15.5. The molecular formula is C61H65N5. The first-order valence-corrected chi connectivity index (χ1v) is 22.7. The summed E-state index contributed by atoms with van der Waals surface area (Å²) in [5, 5.41) is 4.96. The molecule has 0 amide bonds. The third kappa shape index (κ3) is 11.5. The smallest absolute Gasteiger partial charge is 0.0804 e. The van der Waals surface area contributed by atoms with Crippen LogP contribution in [0.4, 0.5) is 0 Å². The Hall–Kier alpha value is -7.65. The number of fused-ring (bicyclic) bond motifs is 8. The van der Waals surface area contributed by atoms with Crippen LogP contribution in [0.15, 0.2) is 207 Å². The van der Waals surface area contributed by atoms with Gasteiger partial charge >= 0.3 is 0 Å². The maximum atomic E-state index is 5.23. The fourth-order valence-electron chi connectivity index (χ4n) is 7.95. The highest BCUT2D eigenvalue weighted by molar-refractivity contribution is 6.24. The van der Waals surface area contributed by atoms with Crippen molar-refractivity contribution < 1.29 is 0 Å². The van der Waals surface area contributed by atoms with E-state index < -0.39 is 0 Å². The highest BCUT2D eigenvalue weighted by Crippen LogP contribution is 2.44. The minimum atomic E-state index is 0.750. The van der Waals surface area contributed by atoms with Crippen molar-refractivity contribution in [2.24, 2.45) is 10.7 Å². The standard InChI is InChI=1S/C38H29N3.C10H9N.C6H13N.C4H8.C3H6/c1-4-14-26(3)39-36-23-30-28-18-9-12-21-33(28)41(32-20-11-8-15-25(32)2)35(30)24-31(36)38-37(39)29-19-10-13-22-34(29)40(38)27-16-6-5-7-17-27;1-11-9-5-8-10-6-3-2-4-7-10;1-2-3-4-5-6-7;1-3-4-2;1-3-2/h4-24H,1H2,2-3H3;2-4,6-7H,1,8H2;2H,1,3-7H2;3-4H,1-2H3;3H,1H2,2H3/b26-14+;;;4-3-;. The monoisotopic (exact) mass is 868 g/mol. The number of unbranched alkanes of at least 4 members (excludes halogenated alkanes) is 2. The lowest BCUT2D eigenvalue weighted by Crippen LogP contribution is -1.97. The summed E-state index contributed by atoms with van der Waals surface area (Å²) in [7, 11) is 0. The SMILES string of the molecule is C/C=C\C.C=C/C=C(\C)n1c2cc3c4ccccc4n(-c4ccccc4C)c3cc2c2c1c1ccccc1n2-c1ccccc1.C=CC.C=CCCCCN.C=NC#CCc1ccccc1. The molecule has 0 unspecified atom stereocenters. The molecular weight excluding hydrogens is 803 g/mol. The number of para-hydroxylation sites is 4. The van der Waals surface area contributed by atoms with E-state index in [2.05, 4.69) is 192 Å². The summed E-state index contributed by atoms with van der Waals surface area (Å²) in [6.45, 7) is 25.3. The van der Waals surface area contributed by atoms with E-state index in [4.69, 9.17) is 5.73 Å². The fourth-order valence-corrected chi connectivity index (χ4v) is 7.95. The Morgan fingerprint density at radius 2 is 1.21 bits per heavy atom. The zero-order valence-electron chi connectivity index (χ0n) is 39.6. The van der Waals surface area contributed by atoms with Crippen molar-refractivity contribution in [1.29, 1.82) is 0 Å². The van der Waals surface area contributed by atoms with Crippen molar-refractivity contribution >= 4 is 67.1 Å². The molecule has 9 aromatic rings. The van der Waals surface area contributed by atoms with E-state index in [1.54, 1.807) is 6.08 Å². The molecule has 0 fully saturated rings. The number of hydrogen-bond acceptors (Lipinski definition) is 2. The van der Waals surface area contributed by atoms with Crippen LogP contribution < -0.4 is 5.73 Å². The number of aromatic nitrogens is 3. The lowest BCUT2D eigenvalue weighted by molar-refractivity contribution is 0.759. The Morgan fingerprint density at radius 1 is 0.636 bits per heavy atom. The Morgan fingerprint density at radius 3 is 1.82 bits per heavy atom. The van der Waals surface area contributed by atoms with Gasteiger partial charge in [0.25, 0.3) is 0 Å². The molecule has 0 radical (unpaired) electrons. The first-order valence-electron chi connectivity index (χ1n) is 22.7. The van der Waals surface area contributed by atoms with Crippen molar-refractivity contribution in [3.8, 4) is 23.3 Å². The van der Waals surface area contributed by atoms with Crippen molar-refractivity contribution in [2.45, 2.75) is 60.3 Å². The van der Waals surface area contributed by atoms with Crippen LogP contribution in [0.25, 0.3) is 71.7 Å². The molecule has 3 aromatic heterocycles. The summed E-state index contributed by atoms with van der Waals surface area (Å²) < 4.78 is 7.29. The van der Waals surface area contributed by atoms with Crippen molar-refractivity contribution in [1.82, 2.24) is 13.7 Å². The second kappa shape index (κ2) is 25.6. The number of nitrogens with two attached hydrogens (primary N) is 1. The highest BCUT2D eigenvalue weighted by Gasteiger charge is 2.24. The Labute approximate surface area is 392 Å². The molecule has 0 atom stereocenters. The number of hydrogen-bond donors (Lipinski definition) is 1. The molecule has 66 heavy (non-hydrogen) atoms. The molecule has 0 spiro atoms. The largest absolute Gasteiger partial charge is 0.330 e. The predicted octanol–water partition coefficient (Wildman–Crippen LogP) is 16.2. The molecule has 5 nitrogen and oxygen atoms in total. The Bertz CT molecular complexity index is 3130. The average molecular weight is 868 g/mol. The highest BCUT2D eigenvalue weighted by atomic mass is 15.1. The molecule has 0 bridgehead atoms. The topological polar surface area (TPSA) is 53.2 Å². The number of benzene rings is 6. The predicted molar refractivity (Wildman–Crippen MR) is 292 cm³/mol. The third-order valence-electron chi connectivity index (χ3n) is 10.9. The fraction of sp³-hybridized carbons (Fsp3) is 0.164. The lowest BCUT2D eigenvalue weighted by Gasteiger charge is -2.12. The van der Waals surface area contributed by atoms with Crippen LogP contribution in [0.1, 0.15) is 58.1 Å². The summed E-state index contributed by atoms with van der Waals surface area (Å²) in [6, 6.07) is 54.3. The molecule has 0 saturated heterocycles. The van der Waals surface area contributed by atoms with E-state index in [1.165, 1.54) is 77.9 Å². The zero-order chi connectivity index (χ0) is 47.3. The van der Waals surface area contributed by atoms with Gasteiger partial charge in [0.05, 0.1) is 33.1 Å². The summed E-state index contributed by atoms with van der Waals surface area (Å²) in [4.78, 5) is 3.44. The molecule has 5 heteroatoms. The number of aliphatic imine (C=N–C) groups is 1. The maximum absolute atomic E-state index is 5.23. The van der Waals surface area contributed by atoms with Crippen LogP contribution in [0, 0.1) is 18.9 Å². The van der Waals surface area contributed by atoms with Crippen LogP contribution in [-0.4, -0.2) is 27.0 Å². The van der Waals surface area contributed by atoms with Crippen LogP contribution in [0.2, 0.25) is 0 Å². The van der Waals surface area contributed by atoms with Gasteiger partial charge in [-0.05, 0) is 120 Å². The molecule has 3 heterocycles. The quantitative estimate of drug-likeness (QED) is 0.0507. The van der Waals surface area contributed by atoms with E-state index in [0.29, 0.717) is 0 Å². The van der Waals surface area contributed by atoms with Gasteiger partial charge < -0.3 is 19.4 Å². The molecule has 2 N–H and O–H groups in total. The van der Waals surface area contributed by atoms with Gasteiger partial charge in [-0.25, -0.2) is 4.99 Å². The van der Waals surface area contributed by atoms with E-state index >= 15 is 0 Å². The van der Waals surface area contributed by atoms with Gasteiger partial charge in [0.2, 0.25) is 0 Å². The third-order valence-corrected chi connectivity index (χ3v) is 10.9. The first-order chi connectivity index (χ1) is 32.3. The molecule has 334 valence electrons. The van der Waals surface area contributed by atoms with Crippen LogP contribution >= 0.6 is 0 Å². The molecule has 0 aliphatic rings. The summed E-state index contributed by atoms with van der Waals surface area (Å²) in [5.74, 6) is 2.87. The van der Waals surface area contributed by atoms with Crippen LogP contribution in [0.3, 0.4) is 0 Å². The summed E-state index contributed by atoms with van der Waals surface area (Å²) >= 11 is 0. The van der Waals surface area contributed by atoms with E-state index in [-0.39, 0.29) is 0 Å². The molecule has 0 aliphatic heterocycles. The van der Waals surface area contributed by atoms with Crippen LogP contribution in [-0.2, 0) is 6.42 Å². The number of aryl methyl sites for hydroxylation is 1. The number of allylic oxidation sites excluding steroid dienone is 7. The lowest BCUT2D eigenvalue weighted by atomic mass is 10.1. The van der Waals surface area contributed by atoms with E-state index in [0.717, 1.165) is 37.2 Å². The minimum Gasteiger partial charge on any atom is -0.330 e. The van der Waals surface area contributed by atoms with Gasteiger partial charge in [-0.2, -0.15) is 0 Å². The summed E-state index contributed by atoms with van der Waals surface area (Å²) in [6.07, 6.45) is 15.8. The van der Waals surface area contributed by atoms with Gasteiger partial charge in [0, 0.05) is 57.8 Å². The normalized spacial score (nSPS) is 10.7. The van der Waals surface area contributed by atoms with E-state index in [9.17, 15) is 0 Å². The molecule has 0 saturated carbocycles. The Balaban J connectivity index is 0.000000269. The number of nitrogens with zero attached hydrogens (tertiary/aromatic N) is 4. The molecule has 6 aromatic carbocycles. The van der Waals surface area contributed by atoms with Gasteiger partial charge in [0.15, 0.2) is 0 Å². The van der Waals surface area contributed by atoms with E-state index in [1.807, 2.05) is 75.4 Å². The number of rotatable bonds is 9. The first kappa shape index (κ1) is 49.4. The van der Waals surface area contributed by atoms with Gasteiger partial charge in [-0.3, -0.25) is 0 Å². The van der Waals surface area contributed by atoms with Gasteiger partial charge in [-0.1, -0.05) is 146 Å². The zero-order valence-corrected chi connectivity index (χ0v) is 39.6. The molecule has 9 rings (SSSR count). The Kier molecular flexibility index (Phi) is 19.1. The van der Waals surface area contributed by atoms with Crippen molar-refractivity contribution in [3.63, 3.8) is 0 Å². The molecule has 0 aliphatic carbocycles. The van der Waals surface area contributed by atoms with Crippen LogP contribution in [0.5, 0.6) is 0 Å². The minimum absolute atomic E-state index is 0.750. The second-order valence-corrected chi connectivity index (χ2v) is 15.5. The van der Waals surface area contributed by atoms with Gasteiger partial charge in [-0.15, -0.1) is 13.2 Å². The van der Waals surface area contributed by atoms with Gasteiger partial charge in [0.1, 0.15) is 0 Å².